The van der Waals surface area contributed by atoms with Crippen molar-refractivity contribution in [3.05, 3.63) is 52.1 Å². The van der Waals surface area contributed by atoms with E-state index in [1.807, 2.05) is 0 Å². The number of hydrogen-bond donors (Lipinski definition) is 1. The van der Waals surface area contributed by atoms with E-state index < -0.39 is 44.0 Å². The molecule has 0 bridgehead atoms. The van der Waals surface area contributed by atoms with Crippen LogP contribution in [-0.2, 0) is 10.1 Å². The summed E-state index contributed by atoms with van der Waals surface area (Å²) in [6, 6.07) is 3.24. The Morgan fingerprint density at radius 1 is 0.778 bits per heavy atom. The molecule has 0 amide bonds. The van der Waals surface area contributed by atoms with Crippen LogP contribution in [0.25, 0.3) is 0 Å². The molecule has 0 unspecified atom stereocenters. The lowest BCUT2D eigenvalue weighted by Gasteiger charge is -2.30. The van der Waals surface area contributed by atoms with Gasteiger partial charge in [-0.2, -0.15) is 17.2 Å². The van der Waals surface area contributed by atoms with Crippen LogP contribution >= 0.6 is 0 Å². The lowest BCUT2D eigenvalue weighted by molar-refractivity contribution is 0.101. The number of carbonyl (C=O) groups excluding carboxylic acids is 1. The van der Waals surface area contributed by atoms with Crippen LogP contribution < -0.4 is 4.74 Å². The van der Waals surface area contributed by atoms with Crippen molar-refractivity contribution >= 4 is 15.9 Å². The van der Waals surface area contributed by atoms with Crippen molar-refractivity contribution in [1.29, 1.82) is 0 Å². The molecule has 36 heavy (non-hydrogen) atoms. The standard InChI is InChI=1S/C26H28F4O5S/c1-14(31)17-12-18(15-8-4-2-5-9-15)24(19(13-17)16-10-6-3-7-11-16)35-25-20(27)22(29)26(36(32,33)34)23(30)21(25)28/h12-13,15-16H,2-11H2,1H3,(H,32,33,34). The van der Waals surface area contributed by atoms with E-state index in [1.54, 1.807) is 12.1 Å². The van der Waals surface area contributed by atoms with Gasteiger partial charge in [0.1, 0.15) is 5.75 Å². The summed E-state index contributed by atoms with van der Waals surface area (Å²) in [5.41, 5.74) is 1.51. The molecule has 0 spiro atoms. The van der Waals surface area contributed by atoms with E-state index in [0.29, 0.717) is 16.7 Å². The molecule has 1 N–H and O–H groups in total. The molecule has 4 rings (SSSR count). The van der Waals surface area contributed by atoms with Crippen LogP contribution in [0.4, 0.5) is 17.6 Å². The number of ether oxygens (including phenoxy) is 1. The third kappa shape index (κ3) is 5.16. The Balaban J connectivity index is 1.95. The van der Waals surface area contributed by atoms with Crippen molar-refractivity contribution in [2.75, 3.05) is 0 Å². The highest BCUT2D eigenvalue weighted by atomic mass is 32.2. The zero-order valence-corrected chi connectivity index (χ0v) is 20.7. The average molecular weight is 529 g/mol. The summed E-state index contributed by atoms with van der Waals surface area (Å²) >= 11 is 0. The Hall–Kier alpha value is -2.46. The van der Waals surface area contributed by atoms with Crippen molar-refractivity contribution in [2.45, 2.75) is 87.9 Å². The van der Waals surface area contributed by atoms with Crippen molar-refractivity contribution in [2.24, 2.45) is 0 Å². The normalized spacial score (nSPS) is 17.8. The van der Waals surface area contributed by atoms with E-state index in [-0.39, 0.29) is 23.4 Å². The molecule has 2 fully saturated rings. The molecule has 0 atom stereocenters. The van der Waals surface area contributed by atoms with Gasteiger partial charge in [-0.05, 0) is 67.7 Å². The van der Waals surface area contributed by atoms with Gasteiger partial charge in [0.05, 0.1) is 0 Å². The third-order valence-corrected chi connectivity index (χ3v) is 8.16. The van der Waals surface area contributed by atoms with E-state index in [1.165, 1.54) is 6.92 Å². The van der Waals surface area contributed by atoms with Crippen molar-refractivity contribution < 1.29 is 40.1 Å². The molecule has 0 saturated heterocycles. The fourth-order valence-electron chi connectivity index (χ4n) is 5.44. The predicted octanol–water partition coefficient (Wildman–Crippen LogP) is 7.58. The van der Waals surface area contributed by atoms with Gasteiger partial charge < -0.3 is 4.74 Å². The molecular weight excluding hydrogens is 500 g/mol. The predicted molar refractivity (Wildman–Crippen MR) is 124 cm³/mol. The molecule has 2 aliphatic carbocycles. The van der Waals surface area contributed by atoms with Gasteiger partial charge in [0, 0.05) is 5.56 Å². The first-order chi connectivity index (χ1) is 17.0. The Bertz CT molecular complexity index is 1210. The monoisotopic (exact) mass is 528 g/mol. The number of halogens is 4. The van der Waals surface area contributed by atoms with E-state index >= 15 is 0 Å². The molecule has 2 aliphatic rings. The summed E-state index contributed by atoms with van der Waals surface area (Å²) in [5.74, 6) is -10.4. The molecule has 0 heterocycles. The fourth-order valence-corrected chi connectivity index (χ4v) is 6.07. The topological polar surface area (TPSA) is 80.7 Å². The first-order valence-electron chi connectivity index (χ1n) is 12.2. The largest absolute Gasteiger partial charge is 0.450 e. The Morgan fingerprint density at radius 2 is 1.19 bits per heavy atom. The highest BCUT2D eigenvalue weighted by Gasteiger charge is 2.35. The minimum absolute atomic E-state index is 0.0509. The molecule has 2 aromatic rings. The van der Waals surface area contributed by atoms with Crippen molar-refractivity contribution in [3.8, 4) is 11.5 Å². The number of benzene rings is 2. The van der Waals surface area contributed by atoms with Crippen LogP contribution in [0.1, 0.15) is 104 Å². The lowest BCUT2D eigenvalue weighted by Crippen LogP contribution is -2.15. The summed E-state index contributed by atoms with van der Waals surface area (Å²) in [4.78, 5) is 10.3. The van der Waals surface area contributed by atoms with Crippen LogP contribution in [0.15, 0.2) is 17.0 Å². The molecule has 5 nitrogen and oxygen atoms in total. The summed E-state index contributed by atoms with van der Waals surface area (Å²) in [6.45, 7) is 1.42. The fraction of sp³-hybridized carbons (Fsp3) is 0.500. The maximum Gasteiger partial charge on any atom is 0.300 e. The van der Waals surface area contributed by atoms with E-state index in [0.717, 1.165) is 64.2 Å². The lowest BCUT2D eigenvalue weighted by atomic mass is 9.78. The van der Waals surface area contributed by atoms with Crippen LogP contribution in [0.2, 0.25) is 0 Å². The summed E-state index contributed by atoms with van der Waals surface area (Å²) in [7, 11) is -5.59. The van der Waals surface area contributed by atoms with Gasteiger partial charge in [0.25, 0.3) is 0 Å². The zero-order chi connectivity index (χ0) is 26.2. The molecule has 0 aromatic heterocycles. The van der Waals surface area contributed by atoms with Gasteiger partial charge in [0.15, 0.2) is 22.3 Å². The Kier molecular flexibility index (Phi) is 7.75. The maximum absolute atomic E-state index is 14.9. The highest BCUT2D eigenvalue weighted by molar-refractivity contribution is 7.85. The van der Waals surface area contributed by atoms with Gasteiger partial charge in [-0.1, -0.05) is 38.5 Å². The van der Waals surface area contributed by atoms with E-state index in [4.69, 9.17) is 9.29 Å². The summed E-state index contributed by atoms with van der Waals surface area (Å²) < 4.78 is 96.4. The molecule has 2 saturated carbocycles. The van der Waals surface area contributed by atoms with E-state index in [2.05, 4.69) is 0 Å². The second kappa shape index (κ2) is 10.5. The minimum atomic E-state index is -5.59. The van der Waals surface area contributed by atoms with E-state index in [9.17, 15) is 30.8 Å². The minimum Gasteiger partial charge on any atom is -0.450 e. The Morgan fingerprint density at radius 3 is 1.56 bits per heavy atom. The molecule has 10 heteroatoms. The zero-order valence-electron chi connectivity index (χ0n) is 19.9. The third-order valence-electron chi connectivity index (χ3n) is 7.29. The second-order valence-corrected chi connectivity index (χ2v) is 11.1. The van der Waals surface area contributed by atoms with Crippen LogP contribution in [-0.4, -0.2) is 18.8 Å². The number of rotatable bonds is 6. The first kappa shape index (κ1) is 26.6. The molecule has 196 valence electrons. The summed E-state index contributed by atoms with van der Waals surface area (Å²) in [5, 5.41) is 0. The molecule has 0 aliphatic heterocycles. The number of Topliss-reactive ketones (excluding diaryl/α,β-unsaturated/α-hetero) is 1. The van der Waals surface area contributed by atoms with Gasteiger partial charge in [-0.25, -0.2) is 8.78 Å². The maximum atomic E-state index is 14.9. The number of hydrogen-bond acceptors (Lipinski definition) is 4. The van der Waals surface area contributed by atoms with Crippen LogP contribution in [0.3, 0.4) is 0 Å². The molecular formula is C26H28F4O5S. The van der Waals surface area contributed by atoms with Crippen molar-refractivity contribution in [1.82, 2.24) is 0 Å². The van der Waals surface area contributed by atoms with Gasteiger partial charge >= 0.3 is 10.1 Å². The first-order valence-corrected chi connectivity index (χ1v) is 13.6. The Labute approximate surface area is 207 Å². The van der Waals surface area contributed by atoms with Gasteiger partial charge in [-0.3, -0.25) is 9.35 Å². The highest BCUT2D eigenvalue weighted by Crippen LogP contribution is 2.47. The molecule has 0 radical (unpaired) electrons. The number of ketones is 1. The quantitative estimate of drug-likeness (QED) is 0.181. The smallest absolute Gasteiger partial charge is 0.300 e. The number of carbonyl (C=O) groups is 1. The summed E-state index contributed by atoms with van der Waals surface area (Å²) in [6.07, 6.45) is 8.65. The molecule has 2 aromatic carbocycles. The van der Waals surface area contributed by atoms with Gasteiger partial charge in [0.2, 0.25) is 17.4 Å². The van der Waals surface area contributed by atoms with Crippen LogP contribution in [0.5, 0.6) is 11.5 Å². The van der Waals surface area contributed by atoms with Crippen molar-refractivity contribution in [3.63, 3.8) is 0 Å². The second-order valence-electron chi connectivity index (χ2n) is 9.70. The van der Waals surface area contributed by atoms with Crippen LogP contribution in [0, 0.1) is 23.3 Å². The average Bonchev–Trinajstić information content (AvgIpc) is 2.85. The SMILES string of the molecule is CC(=O)c1cc(C2CCCCC2)c(Oc2c(F)c(F)c(S(=O)(=O)O)c(F)c2F)c(C2CCCCC2)c1. The van der Waals surface area contributed by atoms with Gasteiger partial charge in [-0.15, -0.1) is 0 Å².